The zero-order valence-electron chi connectivity index (χ0n) is 15.1. The van der Waals surface area contributed by atoms with Gasteiger partial charge in [0.1, 0.15) is 5.69 Å². The standard InChI is InChI=1S/C20H25N3O2/c1-4-13-23(14-5-2)20(25)18-15-16(11-12-21-18)19(24)22(3)17-9-7-6-8-10-17/h6-12,15H,4-5,13-14H2,1-3H3. The van der Waals surface area contributed by atoms with Gasteiger partial charge in [-0.15, -0.1) is 0 Å². The number of benzene rings is 1. The molecule has 0 N–H and O–H groups in total. The molecule has 0 aliphatic rings. The van der Waals surface area contributed by atoms with Crippen LogP contribution in [0.15, 0.2) is 48.7 Å². The molecule has 0 bridgehead atoms. The molecule has 0 aliphatic heterocycles. The van der Waals surface area contributed by atoms with E-state index >= 15 is 0 Å². The quantitative estimate of drug-likeness (QED) is 0.774. The van der Waals surface area contributed by atoms with E-state index in [-0.39, 0.29) is 11.8 Å². The third kappa shape index (κ3) is 4.66. The number of carbonyl (C=O) groups excluding carboxylic acids is 2. The Morgan fingerprint density at radius 2 is 1.60 bits per heavy atom. The van der Waals surface area contributed by atoms with Gasteiger partial charge in [-0.2, -0.15) is 0 Å². The van der Waals surface area contributed by atoms with Crippen LogP contribution in [0.1, 0.15) is 47.5 Å². The molecule has 0 atom stereocenters. The lowest BCUT2D eigenvalue weighted by Gasteiger charge is -2.21. The van der Waals surface area contributed by atoms with Crippen molar-refractivity contribution in [3.8, 4) is 0 Å². The summed E-state index contributed by atoms with van der Waals surface area (Å²) >= 11 is 0. The van der Waals surface area contributed by atoms with Gasteiger partial charge in [0.2, 0.25) is 0 Å². The fraction of sp³-hybridized carbons (Fsp3) is 0.350. The molecule has 1 aromatic heterocycles. The van der Waals surface area contributed by atoms with Crippen LogP contribution in [0.2, 0.25) is 0 Å². The summed E-state index contributed by atoms with van der Waals surface area (Å²) in [6.45, 7) is 5.46. The number of aromatic nitrogens is 1. The molecule has 25 heavy (non-hydrogen) atoms. The van der Waals surface area contributed by atoms with Crippen molar-refractivity contribution in [2.75, 3.05) is 25.0 Å². The van der Waals surface area contributed by atoms with Crippen molar-refractivity contribution in [1.82, 2.24) is 9.88 Å². The van der Waals surface area contributed by atoms with Gasteiger partial charge in [-0.05, 0) is 37.1 Å². The van der Waals surface area contributed by atoms with Crippen LogP contribution < -0.4 is 4.90 Å². The largest absolute Gasteiger partial charge is 0.337 e. The monoisotopic (exact) mass is 339 g/mol. The maximum atomic E-state index is 12.7. The number of pyridine rings is 1. The van der Waals surface area contributed by atoms with E-state index in [4.69, 9.17) is 0 Å². The van der Waals surface area contributed by atoms with Gasteiger partial charge in [0.15, 0.2) is 0 Å². The van der Waals surface area contributed by atoms with Crippen molar-refractivity contribution in [3.63, 3.8) is 0 Å². The summed E-state index contributed by atoms with van der Waals surface area (Å²) in [5.41, 5.74) is 1.57. The van der Waals surface area contributed by atoms with Gasteiger partial charge in [-0.1, -0.05) is 32.0 Å². The van der Waals surface area contributed by atoms with Crippen LogP contribution in [0, 0.1) is 0 Å². The van der Waals surface area contributed by atoms with Crippen LogP contribution in [0.5, 0.6) is 0 Å². The van der Waals surface area contributed by atoms with Crippen molar-refractivity contribution in [2.45, 2.75) is 26.7 Å². The molecule has 2 amide bonds. The molecule has 2 rings (SSSR count). The number of para-hydroxylation sites is 1. The molecule has 0 fully saturated rings. The number of rotatable bonds is 7. The van der Waals surface area contributed by atoms with Crippen LogP contribution in [-0.2, 0) is 0 Å². The highest BCUT2D eigenvalue weighted by Gasteiger charge is 2.19. The molecule has 1 aromatic carbocycles. The molecule has 132 valence electrons. The lowest BCUT2D eigenvalue weighted by molar-refractivity contribution is 0.0749. The van der Waals surface area contributed by atoms with E-state index in [0.29, 0.717) is 24.3 Å². The van der Waals surface area contributed by atoms with Crippen LogP contribution >= 0.6 is 0 Å². The molecule has 5 heteroatoms. The highest BCUT2D eigenvalue weighted by Crippen LogP contribution is 2.15. The van der Waals surface area contributed by atoms with Crippen molar-refractivity contribution >= 4 is 17.5 Å². The fourth-order valence-electron chi connectivity index (χ4n) is 2.66. The predicted octanol–water partition coefficient (Wildman–Crippen LogP) is 3.62. The SMILES string of the molecule is CCCN(CCC)C(=O)c1cc(C(=O)N(C)c2ccccc2)ccn1. The molecule has 0 saturated carbocycles. The summed E-state index contributed by atoms with van der Waals surface area (Å²) in [4.78, 5) is 32.9. The average molecular weight is 339 g/mol. The molecule has 1 heterocycles. The van der Waals surface area contributed by atoms with Gasteiger partial charge in [0, 0.05) is 37.6 Å². The summed E-state index contributed by atoms with van der Waals surface area (Å²) < 4.78 is 0. The lowest BCUT2D eigenvalue weighted by atomic mass is 10.1. The molecule has 0 spiro atoms. The summed E-state index contributed by atoms with van der Waals surface area (Å²) in [5.74, 6) is -0.291. The number of anilines is 1. The van der Waals surface area contributed by atoms with Crippen LogP contribution in [0.4, 0.5) is 5.69 Å². The van der Waals surface area contributed by atoms with E-state index in [9.17, 15) is 9.59 Å². The van der Waals surface area contributed by atoms with Gasteiger partial charge in [0.05, 0.1) is 0 Å². The topological polar surface area (TPSA) is 53.5 Å². The Hall–Kier alpha value is -2.69. The predicted molar refractivity (Wildman–Crippen MR) is 99.9 cm³/mol. The Morgan fingerprint density at radius 3 is 2.20 bits per heavy atom. The van der Waals surface area contributed by atoms with E-state index in [1.54, 1.807) is 29.0 Å². The highest BCUT2D eigenvalue weighted by atomic mass is 16.2. The summed E-state index contributed by atoms with van der Waals surface area (Å²) in [6, 6.07) is 12.6. The fourth-order valence-corrected chi connectivity index (χ4v) is 2.66. The average Bonchev–Trinajstić information content (AvgIpc) is 2.67. The van der Waals surface area contributed by atoms with Gasteiger partial charge in [-0.3, -0.25) is 14.6 Å². The Bertz CT molecular complexity index is 710. The van der Waals surface area contributed by atoms with E-state index in [1.807, 2.05) is 44.2 Å². The second kappa shape index (κ2) is 8.97. The first-order chi connectivity index (χ1) is 12.1. The maximum Gasteiger partial charge on any atom is 0.272 e. The van der Waals surface area contributed by atoms with Crippen LogP contribution in [0.3, 0.4) is 0 Å². The van der Waals surface area contributed by atoms with Gasteiger partial charge in [-0.25, -0.2) is 0 Å². The first-order valence-electron chi connectivity index (χ1n) is 8.66. The molecular weight excluding hydrogens is 314 g/mol. The first kappa shape index (κ1) is 18.6. The second-order valence-electron chi connectivity index (χ2n) is 5.92. The number of carbonyl (C=O) groups is 2. The maximum absolute atomic E-state index is 12.7. The van der Waals surface area contributed by atoms with Gasteiger partial charge in [0.25, 0.3) is 11.8 Å². The minimum atomic E-state index is -0.166. The van der Waals surface area contributed by atoms with Gasteiger partial charge >= 0.3 is 0 Å². The minimum absolute atomic E-state index is 0.124. The third-order valence-electron chi connectivity index (χ3n) is 3.95. The highest BCUT2D eigenvalue weighted by molar-refractivity contribution is 6.06. The van der Waals surface area contributed by atoms with E-state index in [1.165, 1.54) is 6.20 Å². The van der Waals surface area contributed by atoms with Crippen molar-refractivity contribution in [1.29, 1.82) is 0 Å². The summed E-state index contributed by atoms with van der Waals surface area (Å²) in [6.07, 6.45) is 3.30. The number of hydrogen-bond donors (Lipinski definition) is 0. The van der Waals surface area contributed by atoms with Crippen molar-refractivity contribution in [3.05, 3.63) is 59.9 Å². The second-order valence-corrected chi connectivity index (χ2v) is 5.92. The van der Waals surface area contributed by atoms with Crippen molar-refractivity contribution < 1.29 is 9.59 Å². The molecule has 5 nitrogen and oxygen atoms in total. The minimum Gasteiger partial charge on any atom is -0.337 e. The van der Waals surface area contributed by atoms with Gasteiger partial charge < -0.3 is 9.80 Å². The van der Waals surface area contributed by atoms with Crippen molar-refractivity contribution in [2.24, 2.45) is 0 Å². The lowest BCUT2D eigenvalue weighted by Crippen LogP contribution is -2.33. The van der Waals surface area contributed by atoms with Crippen LogP contribution in [-0.4, -0.2) is 41.8 Å². The molecule has 0 aliphatic carbocycles. The third-order valence-corrected chi connectivity index (χ3v) is 3.95. The Kier molecular flexibility index (Phi) is 6.69. The molecular formula is C20H25N3O2. The Labute approximate surface area is 149 Å². The zero-order valence-corrected chi connectivity index (χ0v) is 15.1. The van der Waals surface area contributed by atoms with E-state index < -0.39 is 0 Å². The number of amides is 2. The Balaban J connectivity index is 2.23. The first-order valence-corrected chi connectivity index (χ1v) is 8.66. The summed E-state index contributed by atoms with van der Waals surface area (Å²) in [7, 11) is 1.72. The smallest absolute Gasteiger partial charge is 0.272 e. The molecule has 0 radical (unpaired) electrons. The summed E-state index contributed by atoms with van der Waals surface area (Å²) in [5, 5.41) is 0. The normalized spacial score (nSPS) is 10.4. The van der Waals surface area contributed by atoms with Crippen LogP contribution in [0.25, 0.3) is 0 Å². The number of hydrogen-bond acceptors (Lipinski definition) is 3. The molecule has 0 unspecified atom stereocenters. The van der Waals surface area contributed by atoms with E-state index in [0.717, 1.165) is 18.5 Å². The zero-order chi connectivity index (χ0) is 18.2. The molecule has 2 aromatic rings. The number of nitrogens with zero attached hydrogens (tertiary/aromatic N) is 3. The molecule has 0 saturated heterocycles. The Morgan fingerprint density at radius 1 is 0.960 bits per heavy atom. The van der Waals surface area contributed by atoms with E-state index in [2.05, 4.69) is 4.98 Å².